The van der Waals surface area contributed by atoms with Crippen molar-refractivity contribution in [3.8, 4) is 17.2 Å². The molecule has 1 N–H and O–H groups in total. The lowest BCUT2D eigenvalue weighted by Crippen LogP contribution is -2.40. The normalized spacial score (nSPS) is 17.8. The SMILES string of the molecule is CCN(CC)C(=O)c1ccc(C(=C2CC3CCC(C2)N3Cc2cccc(Oc3ccc(Cl)cc3)c2)c2cccc(O)c2)cc1. The Morgan fingerprint density at radius 1 is 0.818 bits per heavy atom. The summed E-state index contributed by atoms with van der Waals surface area (Å²) in [7, 11) is 0. The number of piperidine rings is 1. The fourth-order valence-electron chi connectivity index (χ4n) is 6.83. The first-order chi connectivity index (χ1) is 21.4. The van der Waals surface area contributed by atoms with Crippen molar-refractivity contribution in [2.45, 2.75) is 58.2 Å². The number of fused-ring (bicyclic) bond motifs is 2. The van der Waals surface area contributed by atoms with Gasteiger partial charge in [-0.2, -0.15) is 0 Å². The molecular weight excluding hydrogens is 568 g/mol. The van der Waals surface area contributed by atoms with E-state index in [1.807, 2.05) is 73.3 Å². The maximum absolute atomic E-state index is 13.0. The average molecular weight is 607 g/mol. The lowest BCUT2D eigenvalue weighted by atomic mass is 9.85. The number of amides is 1. The van der Waals surface area contributed by atoms with E-state index in [0.29, 0.717) is 35.8 Å². The van der Waals surface area contributed by atoms with Crippen LogP contribution < -0.4 is 4.74 Å². The minimum Gasteiger partial charge on any atom is -0.508 e. The lowest BCUT2D eigenvalue weighted by molar-refractivity contribution is 0.0773. The maximum Gasteiger partial charge on any atom is 0.253 e. The lowest BCUT2D eigenvalue weighted by Gasteiger charge is -2.37. The van der Waals surface area contributed by atoms with Crippen LogP contribution in [0.25, 0.3) is 5.57 Å². The Morgan fingerprint density at radius 3 is 2.14 bits per heavy atom. The molecule has 2 fully saturated rings. The zero-order valence-electron chi connectivity index (χ0n) is 25.4. The van der Waals surface area contributed by atoms with Gasteiger partial charge in [0.05, 0.1) is 0 Å². The fraction of sp³-hybridized carbons (Fsp3) is 0.289. The summed E-state index contributed by atoms with van der Waals surface area (Å²) < 4.78 is 6.11. The zero-order chi connectivity index (χ0) is 30.6. The molecule has 6 rings (SSSR count). The van der Waals surface area contributed by atoms with Crippen molar-refractivity contribution in [1.82, 2.24) is 9.80 Å². The number of phenolic OH excluding ortho intramolecular Hbond substituents is 1. The Hall–Kier alpha value is -4.06. The number of halogens is 1. The maximum atomic E-state index is 13.0. The highest BCUT2D eigenvalue weighted by Crippen LogP contribution is 2.44. The standard InChI is InChI=1S/C38H39ClN2O3/c1-3-40(4-2)38(43)28-13-11-27(12-14-28)37(29-8-6-9-34(42)24-29)30-22-32-17-18-33(23-30)41(32)25-26-7-5-10-36(21-26)44-35-19-15-31(39)16-20-35/h5-16,19-21,24,32-33,42H,3-4,17-18,22-23,25H2,1-2H3. The van der Waals surface area contributed by atoms with Crippen LogP contribution in [0, 0.1) is 0 Å². The van der Waals surface area contributed by atoms with Crippen LogP contribution in [0.3, 0.4) is 0 Å². The highest BCUT2D eigenvalue weighted by atomic mass is 35.5. The van der Waals surface area contributed by atoms with Gasteiger partial charge in [-0.05, 0) is 122 Å². The number of carbonyl (C=O) groups is 1. The van der Waals surface area contributed by atoms with Crippen molar-refractivity contribution in [1.29, 1.82) is 0 Å². The molecule has 0 saturated carbocycles. The molecule has 0 spiro atoms. The molecule has 2 atom stereocenters. The molecule has 0 radical (unpaired) electrons. The number of phenols is 1. The van der Waals surface area contributed by atoms with Crippen LogP contribution >= 0.6 is 11.6 Å². The van der Waals surface area contributed by atoms with E-state index < -0.39 is 0 Å². The highest BCUT2D eigenvalue weighted by Gasteiger charge is 2.39. The summed E-state index contributed by atoms with van der Waals surface area (Å²) in [6.07, 6.45) is 4.28. The summed E-state index contributed by atoms with van der Waals surface area (Å²) in [5.74, 6) is 1.91. The number of benzene rings is 4. The van der Waals surface area contributed by atoms with E-state index in [2.05, 4.69) is 41.3 Å². The van der Waals surface area contributed by atoms with Crippen molar-refractivity contribution < 1.29 is 14.6 Å². The number of ether oxygens (including phenoxy) is 1. The predicted molar refractivity (Wildman–Crippen MR) is 177 cm³/mol. The summed E-state index contributed by atoms with van der Waals surface area (Å²) in [6, 6.07) is 32.3. The van der Waals surface area contributed by atoms with Crippen molar-refractivity contribution in [3.05, 3.63) is 130 Å². The number of hydrogen-bond donors (Lipinski definition) is 1. The molecular formula is C38H39ClN2O3. The number of rotatable bonds is 9. The number of hydrogen-bond acceptors (Lipinski definition) is 4. The van der Waals surface area contributed by atoms with Crippen LogP contribution in [0.4, 0.5) is 0 Å². The van der Waals surface area contributed by atoms with E-state index in [0.717, 1.165) is 42.0 Å². The van der Waals surface area contributed by atoms with Crippen LogP contribution in [0.1, 0.15) is 66.6 Å². The van der Waals surface area contributed by atoms with Crippen LogP contribution in [0.15, 0.2) is 103 Å². The van der Waals surface area contributed by atoms with Gasteiger partial charge in [0.2, 0.25) is 0 Å². The molecule has 2 aliphatic rings. The van der Waals surface area contributed by atoms with Gasteiger partial charge in [0.25, 0.3) is 5.91 Å². The molecule has 0 aromatic heterocycles. The Morgan fingerprint density at radius 2 is 1.48 bits per heavy atom. The van der Waals surface area contributed by atoms with Gasteiger partial charge in [-0.1, -0.05) is 53.6 Å². The molecule has 2 bridgehead atoms. The second kappa shape index (κ2) is 13.3. The van der Waals surface area contributed by atoms with Crippen LogP contribution in [-0.4, -0.2) is 46.0 Å². The third-order valence-electron chi connectivity index (χ3n) is 9.01. The van der Waals surface area contributed by atoms with E-state index >= 15 is 0 Å². The van der Waals surface area contributed by atoms with Gasteiger partial charge in [0.15, 0.2) is 0 Å². The Kier molecular flexibility index (Phi) is 9.06. The summed E-state index contributed by atoms with van der Waals surface area (Å²) in [6.45, 7) is 6.27. The quantitative estimate of drug-likeness (QED) is 0.207. The van der Waals surface area contributed by atoms with Crippen molar-refractivity contribution >= 4 is 23.1 Å². The minimum atomic E-state index is 0.0575. The van der Waals surface area contributed by atoms with E-state index in [1.54, 1.807) is 6.07 Å². The van der Waals surface area contributed by atoms with Crippen LogP contribution in [-0.2, 0) is 6.54 Å². The molecule has 2 unspecified atom stereocenters. The fourth-order valence-corrected chi connectivity index (χ4v) is 6.96. The Balaban J connectivity index is 1.25. The second-order valence-corrected chi connectivity index (χ2v) is 12.2. The van der Waals surface area contributed by atoms with E-state index in [-0.39, 0.29) is 11.7 Å². The molecule has 2 aliphatic heterocycles. The Bertz CT molecular complexity index is 1630. The van der Waals surface area contributed by atoms with Crippen LogP contribution in [0.2, 0.25) is 5.02 Å². The van der Waals surface area contributed by atoms with Crippen molar-refractivity contribution in [2.75, 3.05) is 13.1 Å². The molecule has 2 saturated heterocycles. The first kappa shape index (κ1) is 30.0. The number of aromatic hydroxyl groups is 1. The van der Waals surface area contributed by atoms with Crippen molar-refractivity contribution in [2.24, 2.45) is 0 Å². The summed E-state index contributed by atoms with van der Waals surface area (Å²) in [4.78, 5) is 17.5. The van der Waals surface area contributed by atoms with Gasteiger partial charge in [-0.3, -0.25) is 9.69 Å². The smallest absolute Gasteiger partial charge is 0.253 e. The molecule has 44 heavy (non-hydrogen) atoms. The van der Waals surface area contributed by atoms with Gasteiger partial charge in [0.1, 0.15) is 17.2 Å². The minimum absolute atomic E-state index is 0.0575. The van der Waals surface area contributed by atoms with E-state index in [1.165, 1.54) is 29.6 Å². The molecule has 1 amide bonds. The summed E-state index contributed by atoms with van der Waals surface area (Å²) in [5.41, 5.74) is 6.64. The first-order valence-corrected chi connectivity index (χ1v) is 16.0. The van der Waals surface area contributed by atoms with E-state index in [4.69, 9.17) is 16.3 Å². The molecule has 4 aromatic rings. The molecule has 0 aliphatic carbocycles. The molecule has 2 heterocycles. The summed E-state index contributed by atoms with van der Waals surface area (Å²) >= 11 is 6.04. The second-order valence-electron chi connectivity index (χ2n) is 11.8. The largest absolute Gasteiger partial charge is 0.508 e. The van der Waals surface area contributed by atoms with Gasteiger partial charge < -0.3 is 14.7 Å². The first-order valence-electron chi connectivity index (χ1n) is 15.6. The van der Waals surface area contributed by atoms with Crippen LogP contribution in [0.5, 0.6) is 17.2 Å². The third-order valence-corrected chi connectivity index (χ3v) is 9.26. The summed E-state index contributed by atoms with van der Waals surface area (Å²) in [5, 5.41) is 11.1. The topological polar surface area (TPSA) is 53.0 Å². The van der Waals surface area contributed by atoms with Gasteiger partial charge in [0, 0.05) is 42.3 Å². The van der Waals surface area contributed by atoms with Gasteiger partial charge >= 0.3 is 0 Å². The monoisotopic (exact) mass is 606 g/mol. The van der Waals surface area contributed by atoms with Crippen molar-refractivity contribution in [3.63, 3.8) is 0 Å². The zero-order valence-corrected chi connectivity index (χ0v) is 26.1. The predicted octanol–water partition coefficient (Wildman–Crippen LogP) is 8.95. The third kappa shape index (κ3) is 6.54. The Labute approximate surface area is 265 Å². The van der Waals surface area contributed by atoms with Gasteiger partial charge in [-0.15, -0.1) is 0 Å². The molecule has 5 nitrogen and oxygen atoms in total. The van der Waals surface area contributed by atoms with Gasteiger partial charge in [-0.25, -0.2) is 0 Å². The average Bonchev–Trinajstić information content (AvgIpc) is 3.25. The van der Waals surface area contributed by atoms with E-state index in [9.17, 15) is 9.90 Å². The molecule has 226 valence electrons. The number of nitrogens with zero attached hydrogens (tertiary/aromatic N) is 2. The highest BCUT2D eigenvalue weighted by molar-refractivity contribution is 6.30. The molecule has 6 heteroatoms. The molecule has 4 aromatic carbocycles. The number of carbonyl (C=O) groups excluding carboxylic acids is 1.